The number of benzene rings is 1. The highest BCUT2D eigenvalue weighted by Gasteiger charge is 2.48. The highest BCUT2D eigenvalue weighted by atomic mass is 35.5. The minimum atomic E-state index is -3.65. The first-order valence-corrected chi connectivity index (χ1v) is 12.8. The molecule has 0 amide bonds. The lowest BCUT2D eigenvalue weighted by Crippen LogP contribution is -2.50. The van der Waals surface area contributed by atoms with Crippen molar-refractivity contribution in [2.75, 3.05) is 13.1 Å². The molecule has 32 heavy (non-hydrogen) atoms. The van der Waals surface area contributed by atoms with Crippen molar-refractivity contribution in [3.63, 3.8) is 0 Å². The number of aryl methyl sites for hydroxylation is 1. The van der Waals surface area contributed by atoms with Crippen molar-refractivity contribution in [1.29, 1.82) is 0 Å². The molecule has 2 N–H and O–H groups in total. The Hall–Kier alpha value is -2.20. The van der Waals surface area contributed by atoms with Crippen LogP contribution in [0, 0.1) is 0 Å². The fourth-order valence-corrected chi connectivity index (χ4v) is 6.14. The quantitative estimate of drug-likeness (QED) is 0.549. The zero-order valence-corrected chi connectivity index (χ0v) is 19.5. The van der Waals surface area contributed by atoms with Crippen LogP contribution >= 0.6 is 11.6 Å². The SMILES string of the molecule is Cn1cnc(S(=O)(=O)NCCn2ncc3c2C(C2(c4ccc(Cl)cc4)CCC2)NCC3)c1. The van der Waals surface area contributed by atoms with Crippen molar-refractivity contribution in [1.82, 2.24) is 29.4 Å². The predicted molar refractivity (Wildman–Crippen MR) is 122 cm³/mol. The lowest BCUT2D eigenvalue weighted by Gasteiger charge is -2.50. The summed E-state index contributed by atoms with van der Waals surface area (Å²) in [5.41, 5.74) is 3.71. The second-order valence-corrected chi connectivity index (χ2v) is 10.9. The zero-order valence-electron chi connectivity index (χ0n) is 18.0. The largest absolute Gasteiger partial charge is 0.339 e. The van der Waals surface area contributed by atoms with Crippen molar-refractivity contribution >= 4 is 21.6 Å². The van der Waals surface area contributed by atoms with Gasteiger partial charge in [-0.05, 0) is 49.1 Å². The molecule has 1 fully saturated rings. The van der Waals surface area contributed by atoms with E-state index in [1.165, 1.54) is 35.8 Å². The van der Waals surface area contributed by atoms with E-state index in [-0.39, 0.29) is 23.0 Å². The summed E-state index contributed by atoms with van der Waals surface area (Å²) in [5, 5.41) is 9.14. The smallest absolute Gasteiger partial charge is 0.259 e. The van der Waals surface area contributed by atoms with Crippen LogP contribution in [0.2, 0.25) is 5.02 Å². The highest BCUT2D eigenvalue weighted by molar-refractivity contribution is 7.89. The molecule has 0 spiro atoms. The van der Waals surface area contributed by atoms with Crippen molar-refractivity contribution in [2.45, 2.75) is 48.7 Å². The molecule has 10 heteroatoms. The van der Waals surface area contributed by atoms with Gasteiger partial charge in [0, 0.05) is 30.2 Å². The summed E-state index contributed by atoms with van der Waals surface area (Å²) in [6.45, 7) is 1.61. The number of halogens is 1. The molecule has 170 valence electrons. The molecular weight excluding hydrogens is 448 g/mol. The van der Waals surface area contributed by atoms with E-state index < -0.39 is 10.0 Å². The Balaban J connectivity index is 1.38. The lowest BCUT2D eigenvalue weighted by atomic mass is 9.58. The maximum Gasteiger partial charge on any atom is 0.259 e. The maximum absolute atomic E-state index is 12.5. The van der Waals surface area contributed by atoms with Gasteiger partial charge >= 0.3 is 0 Å². The molecular formula is C22H27ClN6O2S. The first-order valence-electron chi connectivity index (χ1n) is 10.9. The van der Waals surface area contributed by atoms with Crippen LogP contribution in [0.3, 0.4) is 0 Å². The van der Waals surface area contributed by atoms with Crippen LogP contribution in [0.25, 0.3) is 0 Å². The Morgan fingerprint density at radius 2 is 2.06 bits per heavy atom. The molecule has 1 aromatic carbocycles. The number of nitrogens with one attached hydrogen (secondary N) is 2. The van der Waals surface area contributed by atoms with Gasteiger partial charge < -0.3 is 9.88 Å². The molecule has 3 aromatic rings. The number of sulfonamides is 1. The summed E-state index contributed by atoms with van der Waals surface area (Å²) in [6, 6.07) is 8.34. The van der Waals surface area contributed by atoms with Crippen molar-refractivity contribution in [2.24, 2.45) is 7.05 Å². The normalized spacial score (nSPS) is 20.0. The van der Waals surface area contributed by atoms with Gasteiger partial charge in [0.1, 0.15) is 0 Å². The average Bonchev–Trinajstić information content (AvgIpc) is 3.36. The van der Waals surface area contributed by atoms with E-state index in [1.807, 2.05) is 23.0 Å². The minimum absolute atomic E-state index is 0.00497. The number of hydrogen-bond donors (Lipinski definition) is 2. The highest BCUT2D eigenvalue weighted by Crippen LogP contribution is 2.53. The molecule has 5 rings (SSSR count). The summed E-state index contributed by atoms with van der Waals surface area (Å²) in [4.78, 5) is 3.95. The standard InChI is InChI=1S/C22H27ClN6O2S/c1-28-14-19(25-15-28)32(30,31)27-11-12-29-20-16(13-26-29)7-10-24-21(20)22(8-2-9-22)17-3-5-18(23)6-4-17/h3-6,13-15,21,24,27H,2,7-12H2,1H3. The van der Waals surface area contributed by atoms with Gasteiger partial charge in [0.15, 0.2) is 5.03 Å². The number of aromatic nitrogens is 4. The molecule has 1 aliphatic carbocycles. The molecule has 1 aliphatic heterocycles. The van der Waals surface area contributed by atoms with E-state index in [4.69, 9.17) is 11.6 Å². The second-order valence-electron chi connectivity index (χ2n) is 8.71. The number of nitrogens with zero attached hydrogens (tertiary/aromatic N) is 4. The van der Waals surface area contributed by atoms with E-state index in [9.17, 15) is 8.42 Å². The number of fused-ring (bicyclic) bond motifs is 1. The molecule has 2 aliphatic rings. The predicted octanol–water partition coefficient (Wildman–Crippen LogP) is 2.56. The van der Waals surface area contributed by atoms with E-state index in [2.05, 4.69) is 32.3 Å². The van der Waals surface area contributed by atoms with Crippen LogP contribution in [0.1, 0.15) is 42.1 Å². The summed E-state index contributed by atoms with van der Waals surface area (Å²) >= 11 is 6.15. The molecule has 2 aromatic heterocycles. The fourth-order valence-electron chi connectivity index (χ4n) is 5.01. The van der Waals surface area contributed by atoms with E-state index >= 15 is 0 Å². The number of rotatable bonds is 7. The Morgan fingerprint density at radius 1 is 1.28 bits per heavy atom. The van der Waals surface area contributed by atoms with Crippen LogP contribution in [0.15, 0.2) is 48.0 Å². The molecule has 3 heterocycles. The number of hydrogen-bond acceptors (Lipinski definition) is 5. The van der Waals surface area contributed by atoms with Crippen LogP contribution in [-0.4, -0.2) is 40.8 Å². The monoisotopic (exact) mass is 474 g/mol. The van der Waals surface area contributed by atoms with Gasteiger partial charge in [-0.3, -0.25) is 4.68 Å². The van der Waals surface area contributed by atoms with Crippen LogP contribution < -0.4 is 10.0 Å². The molecule has 1 unspecified atom stereocenters. The third-order valence-electron chi connectivity index (χ3n) is 6.77. The Morgan fingerprint density at radius 3 is 2.72 bits per heavy atom. The second kappa shape index (κ2) is 8.30. The summed E-state index contributed by atoms with van der Waals surface area (Å²) in [5.74, 6) is 0. The van der Waals surface area contributed by atoms with Crippen LogP contribution in [0.5, 0.6) is 0 Å². The third kappa shape index (κ3) is 3.77. The van der Waals surface area contributed by atoms with E-state index in [0.29, 0.717) is 6.54 Å². The lowest BCUT2D eigenvalue weighted by molar-refractivity contribution is 0.157. The first-order chi connectivity index (χ1) is 15.4. The van der Waals surface area contributed by atoms with Crippen molar-refractivity contribution in [3.05, 3.63) is 64.8 Å². The number of imidazole rings is 1. The van der Waals surface area contributed by atoms with Crippen molar-refractivity contribution < 1.29 is 8.42 Å². The van der Waals surface area contributed by atoms with Gasteiger partial charge in [-0.15, -0.1) is 0 Å². The van der Waals surface area contributed by atoms with E-state index in [0.717, 1.165) is 30.8 Å². The molecule has 1 atom stereocenters. The summed E-state index contributed by atoms with van der Waals surface area (Å²) < 4.78 is 31.3. The maximum atomic E-state index is 12.5. The summed E-state index contributed by atoms with van der Waals surface area (Å²) in [7, 11) is -1.91. The Labute approximate surface area is 193 Å². The molecule has 0 saturated heterocycles. The minimum Gasteiger partial charge on any atom is -0.339 e. The fraction of sp³-hybridized carbons (Fsp3) is 0.455. The van der Waals surface area contributed by atoms with E-state index in [1.54, 1.807) is 11.6 Å². The van der Waals surface area contributed by atoms with Gasteiger partial charge in [0.05, 0.1) is 30.8 Å². The zero-order chi connectivity index (χ0) is 22.3. The first kappa shape index (κ1) is 21.6. The average molecular weight is 475 g/mol. The third-order valence-corrected chi connectivity index (χ3v) is 8.36. The van der Waals surface area contributed by atoms with Crippen LogP contribution in [0.4, 0.5) is 0 Å². The summed E-state index contributed by atoms with van der Waals surface area (Å²) in [6.07, 6.45) is 9.21. The Kier molecular flexibility index (Phi) is 5.61. The Bertz CT molecular complexity index is 1210. The van der Waals surface area contributed by atoms with Crippen molar-refractivity contribution in [3.8, 4) is 0 Å². The van der Waals surface area contributed by atoms with Crippen LogP contribution in [-0.2, 0) is 35.5 Å². The van der Waals surface area contributed by atoms with Gasteiger partial charge in [0.25, 0.3) is 10.0 Å². The topological polar surface area (TPSA) is 93.8 Å². The van der Waals surface area contributed by atoms with Gasteiger partial charge in [-0.25, -0.2) is 18.1 Å². The molecule has 0 bridgehead atoms. The van der Waals surface area contributed by atoms with Gasteiger partial charge in [-0.2, -0.15) is 5.10 Å². The van der Waals surface area contributed by atoms with Gasteiger partial charge in [0.2, 0.25) is 0 Å². The molecule has 8 nitrogen and oxygen atoms in total. The molecule has 1 saturated carbocycles. The van der Waals surface area contributed by atoms with Gasteiger partial charge in [-0.1, -0.05) is 30.2 Å². The molecule has 0 radical (unpaired) electrons.